The van der Waals surface area contributed by atoms with E-state index in [1.165, 1.54) is 31.5 Å². The summed E-state index contributed by atoms with van der Waals surface area (Å²) in [5.41, 5.74) is 1.06. The van der Waals surface area contributed by atoms with Gasteiger partial charge >= 0.3 is 5.95 Å². The van der Waals surface area contributed by atoms with Crippen LogP contribution in [-0.2, 0) is 0 Å². The van der Waals surface area contributed by atoms with E-state index >= 15 is 0 Å². The van der Waals surface area contributed by atoms with E-state index in [1.54, 1.807) is 12.1 Å². The normalized spacial score (nSPS) is 11.0. The van der Waals surface area contributed by atoms with Crippen LogP contribution in [0.5, 0.6) is 11.7 Å². The quantitative estimate of drug-likeness (QED) is 0.372. The number of hydrogen-bond acceptors (Lipinski definition) is 7. The first-order chi connectivity index (χ1) is 12.5. The molecule has 1 N–H and O–H groups in total. The Bertz CT molecular complexity index is 983. The van der Waals surface area contributed by atoms with Crippen molar-refractivity contribution >= 4 is 33.5 Å². The summed E-state index contributed by atoms with van der Waals surface area (Å²) < 4.78 is 11.3. The van der Waals surface area contributed by atoms with Crippen LogP contribution in [0.25, 0.3) is 11.5 Å². The lowest BCUT2D eigenvalue weighted by Crippen LogP contribution is -1.90. The second-order valence-corrected chi connectivity index (χ2v) is 6.00. The smallest absolute Gasteiger partial charge is 0.312 e. The van der Waals surface area contributed by atoms with Gasteiger partial charge in [0.1, 0.15) is 5.69 Å². The van der Waals surface area contributed by atoms with E-state index in [0.717, 1.165) is 4.47 Å². The second kappa shape index (κ2) is 7.36. The number of nitro benzene ring substituents is 1. The monoisotopic (exact) mass is 417 g/mol. The molecule has 0 aliphatic heterocycles. The van der Waals surface area contributed by atoms with Gasteiger partial charge in [-0.2, -0.15) is 0 Å². The molecule has 0 aliphatic carbocycles. The molecule has 1 aromatic heterocycles. The molecule has 0 unspecified atom stereocenters. The Labute approximate surface area is 156 Å². The third-order valence-corrected chi connectivity index (χ3v) is 3.95. The largest absolute Gasteiger partial charge is 0.494 e. The van der Waals surface area contributed by atoms with E-state index in [-0.39, 0.29) is 29.0 Å². The summed E-state index contributed by atoms with van der Waals surface area (Å²) in [6, 6.07) is 11.2. The van der Waals surface area contributed by atoms with Crippen molar-refractivity contribution < 1.29 is 19.2 Å². The molecule has 0 saturated heterocycles. The predicted molar refractivity (Wildman–Crippen MR) is 98.2 cm³/mol. The van der Waals surface area contributed by atoms with Crippen molar-refractivity contribution in [3.63, 3.8) is 0 Å². The maximum atomic E-state index is 10.8. The van der Waals surface area contributed by atoms with Crippen molar-refractivity contribution in [3.05, 3.63) is 62.7 Å². The van der Waals surface area contributed by atoms with Crippen molar-refractivity contribution in [1.29, 1.82) is 0 Å². The number of halogens is 1. The Hall–Kier alpha value is -3.20. The van der Waals surface area contributed by atoms with E-state index < -0.39 is 4.92 Å². The zero-order valence-corrected chi connectivity index (χ0v) is 15.0. The van der Waals surface area contributed by atoms with E-state index in [1.807, 2.05) is 12.1 Å². The van der Waals surface area contributed by atoms with Gasteiger partial charge in [0.2, 0.25) is 5.89 Å². The van der Waals surface area contributed by atoms with Gasteiger partial charge in [0.25, 0.3) is 5.69 Å². The van der Waals surface area contributed by atoms with Gasteiger partial charge in [-0.25, -0.2) is 4.98 Å². The number of benzene rings is 2. The van der Waals surface area contributed by atoms with E-state index in [4.69, 9.17) is 9.15 Å². The maximum absolute atomic E-state index is 10.8. The Kier molecular flexibility index (Phi) is 4.99. The number of nitrogens with zero attached hydrogens (tertiary/aromatic N) is 3. The first-order valence-corrected chi connectivity index (χ1v) is 8.09. The SMILES string of the molecule is COc1cc([N+](=O)[O-])ccc1N=Cc1nc(-c2ccc(Br)cc2)oc1O. The zero-order valence-electron chi connectivity index (χ0n) is 13.4. The van der Waals surface area contributed by atoms with Crippen molar-refractivity contribution in [2.24, 2.45) is 4.99 Å². The molecule has 0 radical (unpaired) electrons. The number of aromatic hydroxyl groups is 1. The van der Waals surface area contributed by atoms with E-state index in [2.05, 4.69) is 25.9 Å². The highest BCUT2D eigenvalue weighted by molar-refractivity contribution is 9.10. The molecule has 0 saturated carbocycles. The van der Waals surface area contributed by atoms with Gasteiger partial charge in [0.05, 0.1) is 24.3 Å². The highest BCUT2D eigenvalue weighted by atomic mass is 79.9. The van der Waals surface area contributed by atoms with Crippen LogP contribution in [-0.4, -0.2) is 28.3 Å². The summed E-state index contributed by atoms with van der Waals surface area (Å²) in [5, 5.41) is 20.7. The minimum atomic E-state index is -0.524. The zero-order chi connectivity index (χ0) is 18.7. The summed E-state index contributed by atoms with van der Waals surface area (Å²) >= 11 is 3.34. The van der Waals surface area contributed by atoms with Crippen LogP contribution in [0.15, 0.2) is 56.3 Å². The first-order valence-electron chi connectivity index (χ1n) is 7.30. The molecule has 2 aromatic carbocycles. The summed E-state index contributed by atoms with van der Waals surface area (Å²) in [4.78, 5) is 18.7. The lowest BCUT2D eigenvalue weighted by molar-refractivity contribution is -0.384. The number of methoxy groups -OCH3 is 1. The van der Waals surface area contributed by atoms with Gasteiger partial charge in [0.15, 0.2) is 11.4 Å². The van der Waals surface area contributed by atoms with Crippen molar-refractivity contribution in [3.8, 4) is 23.1 Å². The molecule has 0 amide bonds. The molecule has 0 aliphatic rings. The number of aromatic nitrogens is 1. The van der Waals surface area contributed by atoms with E-state index in [0.29, 0.717) is 11.3 Å². The number of ether oxygens (including phenoxy) is 1. The fourth-order valence-electron chi connectivity index (χ4n) is 2.14. The summed E-state index contributed by atoms with van der Waals surface area (Å²) in [5.74, 6) is 0.0891. The van der Waals surface area contributed by atoms with Crippen LogP contribution in [0.2, 0.25) is 0 Å². The molecule has 3 rings (SSSR count). The fourth-order valence-corrected chi connectivity index (χ4v) is 2.41. The summed E-state index contributed by atoms with van der Waals surface area (Å²) in [6.07, 6.45) is 1.30. The maximum Gasteiger partial charge on any atom is 0.312 e. The topological polar surface area (TPSA) is 111 Å². The van der Waals surface area contributed by atoms with Crippen LogP contribution in [0, 0.1) is 10.1 Å². The molecule has 3 aromatic rings. The van der Waals surface area contributed by atoms with Crippen molar-refractivity contribution in [2.75, 3.05) is 7.11 Å². The van der Waals surface area contributed by atoms with Crippen molar-refractivity contribution in [2.45, 2.75) is 0 Å². The van der Waals surface area contributed by atoms with Gasteiger partial charge in [-0.3, -0.25) is 15.1 Å². The average Bonchev–Trinajstić information content (AvgIpc) is 3.01. The molecule has 1 heterocycles. The van der Waals surface area contributed by atoms with Gasteiger partial charge < -0.3 is 14.3 Å². The van der Waals surface area contributed by atoms with Gasteiger partial charge in [-0.05, 0) is 30.3 Å². The summed E-state index contributed by atoms with van der Waals surface area (Å²) in [6.45, 7) is 0. The van der Waals surface area contributed by atoms with Crippen molar-refractivity contribution in [1.82, 2.24) is 4.98 Å². The molecular formula is C17H12BrN3O5. The number of hydrogen-bond donors (Lipinski definition) is 1. The third-order valence-electron chi connectivity index (χ3n) is 3.43. The lowest BCUT2D eigenvalue weighted by atomic mass is 10.2. The molecule has 0 atom stereocenters. The van der Waals surface area contributed by atoms with Gasteiger partial charge in [-0.1, -0.05) is 15.9 Å². The molecule has 26 heavy (non-hydrogen) atoms. The standard InChI is InChI=1S/C17H12BrN3O5/c1-25-15-8-12(21(23)24)6-7-13(15)19-9-14-17(22)26-16(20-14)10-2-4-11(18)5-3-10/h2-9,22H,1H3. The van der Waals surface area contributed by atoms with Crippen LogP contribution in [0.1, 0.15) is 5.69 Å². The highest BCUT2D eigenvalue weighted by Crippen LogP contribution is 2.32. The summed E-state index contributed by atoms with van der Waals surface area (Å²) in [7, 11) is 1.39. The molecule has 0 bridgehead atoms. The number of oxazole rings is 1. The van der Waals surface area contributed by atoms with Crippen LogP contribution in [0.3, 0.4) is 0 Å². The van der Waals surface area contributed by atoms with Crippen LogP contribution in [0.4, 0.5) is 11.4 Å². The fraction of sp³-hybridized carbons (Fsp3) is 0.0588. The molecule has 9 heteroatoms. The second-order valence-electron chi connectivity index (χ2n) is 5.09. The minimum Gasteiger partial charge on any atom is -0.494 e. The molecule has 8 nitrogen and oxygen atoms in total. The first kappa shape index (κ1) is 17.6. The Morgan fingerprint density at radius 1 is 1.31 bits per heavy atom. The highest BCUT2D eigenvalue weighted by Gasteiger charge is 2.14. The average molecular weight is 418 g/mol. The Morgan fingerprint density at radius 2 is 2.04 bits per heavy atom. The predicted octanol–water partition coefficient (Wildman–Crippen LogP) is 4.48. The number of nitro groups is 1. The number of aliphatic imine (C=N–C) groups is 1. The molecule has 0 fully saturated rings. The third kappa shape index (κ3) is 3.72. The van der Waals surface area contributed by atoms with Gasteiger partial charge in [-0.15, -0.1) is 0 Å². The van der Waals surface area contributed by atoms with Gasteiger partial charge in [0, 0.05) is 16.1 Å². The molecule has 132 valence electrons. The number of non-ortho nitro benzene ring substituents is 1. The molecule has 0 spiro atoms. The molecular weight excluding hydrogens is 406 g/mol. The Morgan fingerprint density at radius 3 is 2.69 bits per heavy atom. The van der Waals surface area contributed by atoms with Crippen LogP contribution >= 0.6 is 15.9 Å². The van der Waals surface area contributed by atoms with E-state index in [9.17, 15) is 15.2 Å². The number of rotatable bonds is 5. The minimum absolute atomic E-state index is 0.109. The van der Waals surface area contributed by atoms with Crippen LogP contribution < -0.4 is 4.74 Å². The lowest BCUT2D eigenvalue weighted by Gasteiger charge is -2.03. The Balaban J connectivity index is 1.89.